The van der Waals surface area contributed by atoms with E-state index < -0.39 is 17.4 Å². The number of carbonyl (C=O) groups excluding carboxylic acids is 1. The molecule has 0 aliphatic carbocycles. The van der Waals surface area contributed by atoms with Crippen LogP contribution in [0.15, 0.2) is 0 Å². The first kappa shape index (κ1) is 11.5. The van der Waals surface area contributed by atoms with Crippen molar-refractivity contribution in [3.63, 3.8) is 0 Å². The summed E-state index contributed by atoms with van der Waals surface area (Å²) in [6.07, 6.45) is 0.234. The Kier molecular flexibility index (Phi) is 2.80. The number of aromatic amines is 1. The number of amides is 1. The van der Waals surface area contributed by atoms with Gasteiger partial charge < -0.3 is 15.2 Å². The number of aliphatic carboxylic acids is 1. The number of carbonyl (C=O) groups is 2. The molecule has 1 aliphatic rings. The number of hydrogen-bond donors (Lipinski definition) is 3. The fraction of sp³-hybridized carbons (Fsp3) is 0.556. The summed E-state index contributed by atoms with van der Waals surface area (Å²) in [5.41, 5.74) is -1.37. The Labute approximate surface area is 96.4 Å². The molecular weight excluding hydrogens is 228 g/mol. The number of nitrogens with zero attached hydrogens (tertiary/aromatic N) is 2. The molecule has 0 bridgehead atoms. The minimum Gasteiger partial charge on any atom is -0.479 e. The van der Waals surface area contributed by atoms with Gasteiger partial charge >= 0.3 is 5.97 Å². The summed E-state index contributed by atoms with van der Waals surface area (Å²) in [4.78, 5) is 26.7. The van der Waals surface area contributed by atoms with Crippen LogP contribution in [0.4, 0.5) is 0 Å². The zero-order chi connectivity index (χ0) is 12.5. The first-order valence-electron chi connectivity index (χ1n) is 5.06. The Hall–Kier alpha value is -1.96. The van der Waals surface area contributed by atoms with E-state index in [-0.39, 0.29) is 18.9 Å². The minimum atomic E-state index is -1.37. The zero-order valence-electron chi connectivity index (χ0n) is 9.19. The van der Waals surface area contributed by atoms with Crippen molar-refractivity contribution >= 4 is 11.9 Å². The molecular formula is C9H12N4O4. The van der Waals surface area contributed by atoms with Crippen LogP contribution in [-0.2, 0) is 9.53 Å². The maximum Gasteiger partial charge on any atom is 0.331 e. The molecule has 1 fully saturated rings. The number of aryl methyl sites for hydroxylation is 1. The van der Waals surface area contributed by atoms with Crippen molar-refractivity contribution in [2.75, 3.05) is 13.2 Å². The van der Waals surface area contributed by atoms with Gasteiger partial charge in [0.1, 0.15) is 5.82 Å². The highest BCUT2D eigenvalue weighted by molar-refractivity contribution is 5.95. The van der Waals surface area contributed by atoms with Crippen LogP contribution in [0.5, 0.6) is 0 Å². The number of nitrogens with one attached hydrogen (secondary N) is 2. The Morgan fingerprint density at radius 1 is 1.59 bits per heavy atom. The monoisotopic (exact) mass is 240 g/mol. The van der Waals surface area contributed by atoms with Gasteiger partial charge in [-0.3, -0.25) is 9.89 Å². The molecule has 0 radical (unpaired) electrons. The van der Waals surface area contributed by atoms with Crippen LogP contribution >= 0.6 is 0 Å². The third-order valence-electron chi connectivity index (χ3n) is 2.58. The number of ether oxygens (including phenoxy) is 1. The van der Waals surface area contributed by atoms with Gasteiger partial charge in [0, 0.05) is 13.0 Å². The lowest BCUT2D eigenvalue weighted by atomic mass is 9.99. The Bertz CT molecular complexity index is 450. The maximum absolute atomic E-state index is 11.7. The van der Waals surface area contributed by atoms with Gasteiger partial charge in [-0.2, -0.15) is 0 Å². The number of rotatable bonds is 3. The van der Waals surface area contributed by atoms with E-state index >= 15 is 0 Å². The van der Waals surface area contributed by atoms with Crippen LogP contribution in [-0.4, -0.2) is 50.9 Å². The Morgan fingerprint density at radius 3 is 2.82 bits per heavy atom. The second-order valence-corrected chi connectivity index (χ2v) is 3.89. The normalized spacial score (nSPS) is 23.6. The fourth-order valence-electron chi connectivity index (χ4n) is 1.60. The number of aromatic nitrogens is 3. The summed E-state index contributed by atoms with van der Waals surface area (Å²) in [6.45, 7) is 1.91. The number of hydrogen-bond acceptors (Lipinski definition) is 5. The van der Waals surface area contributed by atoms with Gasteiger partial charge in [-0.25, -0.2) is 9.78 Å². The van der Waals surface area contributed by atoms with Crippen molar-refractivity contribution in [2.24, 2.45) is 0 Å². The molecule has 1 aromatic heterocycles. The standard InChI is InChI=1S/C9H12N4O4/c1-5-10-6(13-12-5)7(14)11-9(8(15)16)2-3-17-4-9/h2-4H2,1H3,(H,11,14)(H,15,16)(H,10,12,13). The fourth-order valence-corrected chi connectivity index (χ4v) is 1.60. The van der Waals surface area contributed by atoms with Crippen LogP contribution in [0, 0.1) is 6.92 Å². The smallest absolute Gasteiger partial charge is 0.331 e. The molecule has 0 saturated carbocycles. The molecule has 1 aromatic rings. The zero-order valence-corrected chi connectivity index (χ0v) is 9.19. The van der Waals surface area contributed by atoms with E-state index in [0.717, 1.165) is 0 Å². The van der Waals surface area contributed by atoms with Gasteiger partial charge in [0.15, 0.2) is 5.54 Å². The van der Waals surface area contributed by atoms with Gasteiger partial charge in [-0.15, -0.1) is 5.10 Å². The highest BCUT2D eigenvalue weighted by Gasteiger charge is 2.44. The van der Waals surface area contributed by atoms with Crippen molar-refractivity contribution in [3.05, 3.63) is 11.6 Å². The van der Waals surface area contributed by atoms with Crippen LogP contribution in [0.2, 0.25) is 0 Å². The third-order valence-corrected chi connectivity index (χ3v) is 2.58. The SMILES string of the molecule is Cc1nc(C(=O)NC2(C(=O)O)CCOC2)n[nH]1. The molecule has 92 valence electrons. The summed E-state index contributed by atoms with van der Waals surface area (Å²) in [5.74, 6) is -1.32. The lowest BCUT2D eigenvalue weighted by Crippen LogP contribution is -2.55. The molecule has 1 atom stereocenters. The summed E-state index contributed by atoms with van der Waals surface area (Å²) < 4.78 is 5.02. The van der Waals surface area contributed by atoms with Crippen LogP contribution in [0.3, 0.4) is 0 Å². The molecule has 8 nitrogen and oxygen atoms in total. The molecule has 1 aliphatic heterocycles. The summed E-state index contributed by atoms with van der Waals surface area (Å²) >= 11 is 0. The van der Waals surface area contributed by atoms with Crippen molar-refractivity contribution < 1.29 is 19.4 Å². The molecule has 1 unspecified atom stereocenters. The highest BCUT2D eigenvalue weighted by atomic mass is 16.5. The van der Waals surface area contributed by atoms with E-state index in [1.807, 2.05) is 0 Å². The van der Waals surface area contributed by atoms with Crippen LogP contribution in [0.25, 0.3) is 0 Å². The van der Waals surface area contributed by atoms with E-state index in [1.165, 1.54) is 0 Å². The quantitative estimate of drug-likeness (QED) is 0.629. The van der Waals surface area contributed by atoms with E-state index in [1.54, 1.807) is 6.92 Å². The second kappa shape index (κ2) is 4.13. The van der Waals surface area contributed by atoms with E-state index in [2.05, 4.69) is 20.5 Å². The van der Waals surface area contributed by atoms with Crippen molar-refractivity contribution in [1.82, 2.24) is 20.5 Å². The van der Waals surface area contributed by atoms with E-state index in [9.17, 15) is 9.59 Å². The molecule has 3 N–H and O–H groups in total. The van der Waals surface area contributed by atoms with Gasteiger partial charge in [0.05, 0.1) is 6.61 Å². The van der Waals surface area contributed by atoms with Crippen LogP contribution < -0.4 is 5.32 Å². The third kappa shape index (κ3) is 2.11. The lowest BCUT2D eigenvalue weighted by Gasteiger charge is -2.22. The first-order chi connectivity index (χ1) is 8.03. The number of carboxylic acid groups (broad SMARTS) is 1. The molecule has 1 amide bonds. The van der Waals surface area contributed by atoms with Gasteiger partial charge in [-0.1, -0.05) is 0 Å². The molecule has 0 spiro atoms. The highest BCUT2D eigenvalue weighted by Crippen LogP contribution is 2.19. The second-order valence-electron chi connectivity index (χ2n) is 3.89. The largest absolute Gasteiger partial charge is 0.479 e. The van der Waals surface area contributed by atoms with Crippen molar-refractivity contribution in [1.29, 1.82) is 0 Å². The van der Waals surface area contributed by atoms with Crippen LogP contribution in [0.1, 0.15) is 22.9 Å². The minimum absolute atomic E-state index is 0.0442. The number of carboxylic acids is 1. The molecule has 0 aromatic carbocycles. The van der Waals surface area contributed by atoms with Crippen molar-refractivity contribution in [3.8, 4) is 0 Å². The van der Waals surface area contributed by atoms with E-state index in [0.29, 0.717) is 12.4 Å². The van der Waals surface area contributed by atoms with E-state index in [4.69, 9.17) is 9.84 Å². The maximum atomic E-state index is 11.7. The molecule has 1 saturated heterocycles. The Morgan fingerprint density at radius 2 is 2.35 bits per heavy atom. The molecule has 2 heterocycles. The molecule has 2 rings (SSSR count). The predicted molar refractivity (Wildman–Crippen MR) is 54.4 cm³/mol. The molecule has 8 heteroatoms. The molecule has 17 heavy (non-hydrogen) atoms. The topological polar surface area (TPSA) is 117 Å². The first-order valence-corrected chi connectivity index (χ1v) is 5.06. The van der Waals surface area contributed by atoms with Crippen molar-refractivity contribution in [2.45, 2.75) is 18.9 Å². The van der Waals surface area contributed by atoms with Gasteiger partial charge in [0.25, 0.3) is 5.91 Å². The van der Waals surface area contributed by atoms with Gasteiger partial charge in [-0.05, 0) is 6.92 Å². The average molecular weight is 240 g/mol. The lowest BCUT2D eigenvalue weighted by molar-refractivity contribution is -0.144. The van der Waals surface area contributed by atoms with Gasteiger partial charge in [0.2, 0.25) is 5.82 Å². The number of H-pyrrole nitrogens is 1. The summed E-state index contributed by atoms with van der Waals surface area (Å²) in [5, 5.41) is 17.7. The summed E-state index contributed by atoms with van der Waals surface area (Å²) in [7, 11) is 0. The summed E-state index contributed by atoms with van der Waals surface area (Å²) in [6, 6.07) is 0. The predicted octanol–water partition coefficient (Wildman–Crippen LogP) is -0.913. The Balaban J connectivity index is 2.14. The average Bonchev–Trinajstić information content (AvgIpc) is 2.87.